The van der Waals surface area contributed by atoms with Crippen LogP contribution in [0.3, 0.4) is 0 Å². The van der Waals surface area contributed by atoms with E-state index in [0.717, 1.165) is 35.0 Å². The minimum absolute atomic E-state index is 0.0545. The van der Waals surface area contributed by atoms with Gasteiger partial charge in [0.05, 0.1) is 29.1 Å². The van der Waals surface area contributed by atoms with E-state index in [1.807, 2.05) is 35.8 Å². The molecule has 5 rings (SSSR count). The average Bonchev–Trinajstić information content (AvgIpc) is 3.47. The summed E-state index contributed by atoms with van der Waals surface area (Å²) in [6, 6.07) is 13.7. The molecule has 1 saturated heterocycles. The first-order valence-corrected chi connectivity index (χ1v) is 12.0. The highest BCUT2D eigenvalue weighted by molar-refractivity contribution is 7.15. The number of aromatic nitrogens is 2. The first-order valence-electron chi connectivity index (χ1n) is 11.1. The number of thiazole rings is 1. The van der Waals surface area contributed by atoms with E-state index in [0.29, 0.717) is 31.1 Å². The van der Waals surface area contributed by atoms with E-state index in [4.69, 9.17) is 9.72 Å². The standard InChI is InChI=1S/C24H24N6O4S/c1-34-21-5-3-2-4-19(21)25-23(31)28-12-10-27(11-13-28)16-20-22(26-24-29(20)14-15-35-24)17-6-8-18(9-7-17)30(32)33/h2-9,14-15H,10-13,16H2,1H3,(H,25,31). The molecular weight excluding hydrogens is 468 g/mol. The number of nitro groups is 1. The zero-order chi connectivity index (χ0) is 24.4. The molecule has 3 heterocycles. The summed E-state index contributed by atoms with van der Waals surface area (Å²) in [4.78, 5) is 33.2. The van der Waals surface area contributed by atoms with Crippen LogP contribution in [0.25, 0.3) is 16.2 Å². The predicted molar refractivity (Wildman–Crippen MR) is 134 cm³/mol. The smallest absolute Gasteiger partial charge is 0.322 e. The molecule has 10 nitrogen and oxygen atoms in total. The molecule has 0 saturated carbocycles. The van der Waals surface area contributed by atoms with Crippen LogP contribution in [0, 0.1) is 10.1 Å². The Morgan fingerprint density at radius 2 is 1.89 bits per heavy atom. The molecule has 1 aliphatic rings. The number of imidazole rings is 1. The van der Waals surface area contributed by atoms with Crippen molar-refractivity contribution < 1.29 is 14.5 Å². The molecule has 2 amide bonds. The number of urea groups is 1. The lowest BCUT2D eigenvalue weighted by Gasteiger charge is -2.34. The fourth-order valence-electron chi connectivity index (χ4n) is 4.22. The van der Waals surface area contributed by atoms with Gasteiger partial charge in [0.2, 0.25) is 0 Å². The Labute approximate surface area is 205 Å². The van der Waals surface area contributed by atoms with E-state index in [9.17, 15) is 14.9 Å². The van der Waals surface area contributed by atoms with Gasteiger partial charge in [0.1, 0.15) is 5.75 Å². The van der Waals surface area contributed by atoms with Crippen molar-refractivity contribution in [3.8, 4) is 17.0 Å². The number of anilines is 1. The first kappa shape index (κ1) is 22.8. The second-order valence-electron chi connectivity index (χ2n) is 8.16. The van der Waals surface area contributed by atoms with Crippen molar-refractivity contribution >= 4 is 33.7 Å². The van der Waals surface area contributed by atoms with Crippen molar-refractivity contribution in [2.75, 3.05) is 38.6 Å². The topological polar surface area (TPSA) is 105 Å². The number of nitro benzene ring substituents is 1. The van der Waals surface area contributed by atoms with Crippen LogP contribution in [0.2, 0.25) is 0 Å². The zero-order valence-corrected chi connectivity index (χ0v) is 19.9. The van der Waals surface area contributed by atoms with Crippen LogP contribution in [0.1, 0.15) is 5.69 Å². The molecule has 4 aromatic rings. The fraction of sp³-hybridized carbons (Fsp3) is 0.250. The number of non-ortho nitro benzene ring substituents is 1. The van der Waals surface area contributed by atoms with Crippen molar-refractivity contribution in [3.63, 3.8) is 0 Å². The largest absolute Gasteiger partial charge is 0.495 e. The molecule has 180 valence electrons. The molecule has 0 radical (unpaired) electrons. The van der Waals surface area contributed by atoms with Crippen molar-refractivity contribution in [1.29, 1.82) is 0 Å². The second kappa shape index (κ2) is 9.72. The lowest BCUT2D eigenvalue weighted by molar-refractivity contribution is -0.384. The Balaban J connectivity index is 1.28. The van der Waals surface area contributed by atoms with Crippen molar-refractivity contribution in [1.82, 2.24) is 19.2 Å². The van der Waals surface area contributed by atoms with Crippen LogP contribution in [-0.4, -0.2) is 63.4 Å². The number of nitrogens with one attached hydrogen (secondary N) is 1. The highest BCUT2D eigenvalue weighted by Crippen LogP contribution is 2.29. The van der Waals surface area contributed by atoms with Gasteiger partial charge >= 0.3 is 6.03 Å². The van der Waals surface area contributed by atoms with Gasteiger partial charge in [-0.05, 0) is 24.3 Å². The van der Waals surface area contributed by atoms with Gasteiger partial charge < -0.3 is 15.0 Å². The first-order chi connectivity index (χ1) is 17.0. The van der Waals surface area contributed by atoms with E-state index in [1.165, 1.54) is 12.1 Å². The number of nitrogens with zero attached hydrogens (tertiary/aromatic N) is 5. The molecule has 0 spiro atoms. The van der Waals surface area contributed by atoms with Gasteiger partial charge in [0.15, 0.2) is 4.96 Å². The summed E-state index contributed by atoms with van der Waals surface area (Å²) >= 11 is 1.55. The summed E-state index contributed by atoms with van der Waals surface area (Å²) in [6.45, 7) is 3.29. The summed E-state index contributed by atoms with van der Waals surface area (Å²) in [5.41, 5.74) is 3.40. The zero-order valence-electron chi connectivity index (χ0n) is 19.1. The van der Waals surface area contributed by atoms with Gasteiger partial charge in [-0.3, -0.25) is 19.4 Å². The van der Waals surface area contributed by atoms with Gasteiger partial charge in [-0.2, -0.15) is 0 Å². The number of carbonyl (C=O) groups excluding carboxylic acids is 1. The maximum absolute atomic E-state index is 12.8. The second-order valence-corrected chi connectivity index (χ2v) is 9.03. The average molecular weight is 493 g/mol. The lowest BCUT2D eigenvalue weighted by atomic mass is 10.1. The van der Waals surface area contributed by atoms with Gasteiger partial charge in [-0.25, -0.2) is 9.78 Å². The Kier molecular flexibility index (Phi) is 6.34. The Morgan fingerprint density at radius 3 is 2.60 bits per heavy atom. The minimum atomic E-state index is -0.403. The lowest BCUT2D eigenvalue weighted by Crippen LogP contribution is -2.49. The van der Waals surface area contributed by atoms with Crippen LogP contribution >= 0.6 is 11.3 Å². The summed E-state index contributed by atoms with van der Waals surface area (Å²) < 4.78 is 7.39. The highest BCUT2D eigenvalue weighted by atomic mass is 32.1. The molecule has 0 atom stereocenters. The monoisotopic (exact) mass is 492 g/mol. The normalized spacial score (nSPS) is 14.3. The minimum Gasteiger partial charge on any atom is -0.495 e. The van der Waals surface area contributed by atoms with E-state index in [2.05, 4.69) is 14.6 Å². The molecule has 1 N–H and O–H groups in total. The van der Waals surface area contributed by atoms with Gasteiger partial charge in [-0.15, -0.1) is 11.3 Å². The molecular formula is C24H24N6O4S. The number of amides is 2. The predicted octanol–water partition coefficient (Wildman–Crippen LogP) is 4.33. The fourth-order valence-corrected chi connectivity index (χ4v) is 4.95. The number of hydrogen-bond acceptors (Lipinski definition) is 7. The highest BCUT2D eigenvalue weighted by Gasteiger charge is 2.24. The van der Waals surface area contributed by atoms with E-state index in [-0.39, 0.29) is 11.7 Å². The number of para-hydroxylation sites is 2. The van der Waals surface area contributed by atoms with Gasteiger partial charge in [0.25, 0.3) is 5.69 Å². The molecule has 0 aliphatic carbocycles. The van der Waals surface area contributed by atoms with Crippen LogP contribution in [0.4, 0.5) is 16.2 Å². The number of carbonyl (C=O) groups is 1. The van der Waals surface area contributed by atoms with Crippen LogP contribution in [0.15, 0.2) is 60.1 Å². The third kappa shape index (κ3) is 4.68. The summed E-state index contributed by atoms with van der Waals surface area (Å²) in [7, 11) is 1.58. The van der Waals surface area contributed by atoms with E-state index < -0.39 is 4.92 Å². The number of hydrogen-bond donors (Lipinski definition) is 1. The summed E-state index contributed by atoms with van der Waals surface area (Å²) in [5, 5.41) is 16.0. The van der Waals surface area contributed by atoms with Crippen LogP contribution in [0.5, 0.6) is 5.75 Å². The Bertz CT molecular complexity index is 1360. The van der Waals surface area contributed by atoms with Gasteiger partial charge in [-0.1, -0.05) is 12.1 Å². The number of methoxy groups -OCH3 is 1. The van der Waals surface area contributed by atoms with Crippen molar-refractivity contribution in [3.05, 3.63) is 75.9 Å². The Hall–Kier alpha value is -3.96. The molecule has 2 aromatic heterocycles. The maximum atomic E-state index is 12.8. The van der Waals surface area contributed by atoms with E-state index >= 15 is 0 Å². The molecule has 0 unspecified atom stereocenters. The molecule has 2 aromatic carbocycles. The van der Waals surface area contributed by atoms with Gasteiger partial charge in [0, 0.05) is 62.0 Å². The number of fused-ring (bicyclic) bond motifs is 1. The molecule has 11 heteroatoms. The SMILES string of the molecule is COc1ccccc1NC(=O)N1CCN(Cc2c(-c3ccc([N+](=O)[O-])cc3)nc3sccn23)CC1. The number of piperazine rings is 1. The third-order valence-electron chi connectivity index (χ3n) is 6.09. The number of benzene rings is 2. The number of ether oxygens (including phenoxy) is 1. The quantitative estimate of drug-likeness (QED) is 0.317. The van der Waals surface area contributed by atoms with Crippen LogP contribution in [-0.2, 0) is 6.54 Å². The van der Waals surface area contributed by atoms with Crippen LogP contribution < -0.4 is 10.1 Å². The Morgan fingerprint density at radius 1 is 1.14 bits per heavy atom. The van der Waals surface area contributed by atoms with Crippen molar-refractivity contribution in [2.24, 2.45) is 0 Å². The third-order valence-corrected chi connectivity index (χ3v) is 6.85. The maximum Gasteiger partial charge on any atom is 0.322 e. The number of rotatable bonds is 6. The molecule has 0 bridgehead atoms. The van der Waals surface area contributed by atoms with E-state index in [1.54, 1.807) is 35.5 Å². The summed E-state index contributed by atoms with van der Waals surface area (Å²) in [5.74, 6) is 0.624. The van der Waals surface area contributed by atoms with Crippen molar-refractivity contribution in [2.45, 2.75) is 6.54 Å². The molecule has 1 aliphatic heterocycles. The molecule has 35 heavy (non-hydrogen) atoms. The summed E-state index contributed by atoms with van der Waals surface area (Å²) in [6.07, 6.45) is 1.99. The molecule has 1 fully saturated rings.